The van der Waals surface area contributed by atoms with Crippen molar-refractivity contribution < 1.29 is 9.57 Å². The summed E-state index contributed by atoms with van der Waals surface area (Å²) < 4.78 is 5.32. The number of H-pyrrole nitrogens is 1. The van der Waals surface area contributed by atoms with Gasteiger partial charge in [-0.25, -0.2) is 0 Å². The third-order valence-electron chi connectivity index (χ3n) is 4.55. The molecule has 1 fully saturated rings. The molecular weight excluding hydrogens is 352 g/mol. The van der Waals surface area contributed by atoms with Crippen LogP contribution in [-0.2, 0) is 4.74 Å². The lowest BCUT2D eigenvalue weighted by Crippen LogP contribution is -2.38. The topological polar surface area (TPSA) is 54.6 Å². The Morgan fingerprint density at radius 1 is 1.12 bits per heavy atom. The van der Waals surface area contributed by atoms with Crippen molar-refractivity contribution in [3.63, 3.8) is 0 Å². The van der Waals surface area contributed by atoms with Gasteiger partial charge in [0.15, 0.2) is 5.43 Å². The molecule has 0 radical (unpaired) electrons. The second-order valence-corrected chi connectivity index (χ2v) is 6.74. The van der Waals surface area contributed by atoms with Crippen LogP contribution in [0.5, 0.6) is 5.75 Å². The Morgan fingerprint density at radius 3 is 2.58 bits per heavy atom. The summed E-state index contributed by atoms with van der Waals surface area (Å²) in [4.78, 5) is 21.8. The number of benzene rings is 2. The summed E-state index contributed by atoms with van der Waals surface area (Å²) in [6.07, 6.45) is 0. The molecular formula is C20H19ClN2O3. The Morgan fingerprint density at radius 2 is 1.85 bits per heavy atom. The van der Waals surface area contributed by atoms with E-state index in [9.17, 15) is 4.79 Å². The van der Waals surface area contributed by atoms with E-state index in [1.165, 1.54) is 0 Å². The number of fused-ring (bicyclic) bond motifs is 1. The zero-order valence-corrected chi connectivity index (χ0v) is 15.2. The smallest absolute Gasteiger partial charge is 0.192 e. The summed E-state index contributed by atoms with van der Waals surface area (Å²) in [5, 5.41) is 3.13. The summed E-state index contributed by atoms with van der Waals surface area (Å²) in [5.41, 5.74) is 3.15. The van der Waals surface area contributed by atoms with E-state index in [4.69, 9.17) is 21.2 Å². The third-order valence-corrected chi connectivity index (χ3v) is 4.78. The number of morpholine rings is 1. The molecule has 1 aliphatic rings. The predicted molar refractivity (Wildman–Crippen MR) is 103 cm³/mol. The van der Waals surface area contributed by atoms with Gasteiger partial charge < -0.3 is 14.6 Å². The van der Waals surface area contributed by atoms with E-state index in [0.717, 1.165) is 35.6 Å². The van der Waals surface area contributed by atoms with Crippen LogP contribution in [0.4, 0.5) is 0 Å². The number of aromatic amines is 1. The lowest BCUT2D eigenvalue weighted by Gasteiger charge is -2.26. The molecule has 6 heteroatoms. The van der Waals surface area contributed by atoms with Crippen LogP contribution in [-0.4, -0.2) is 36.4 Å². The molecule has 1 aromatic heterocycles. The zero-order valence-electron chi connectivity index (χ0n) is 14.4. The van der Waals surface area contributed by atoms with Crippen molar-refractivity contribution in [2.45, 2.75) is 6.92 Å². The average molecular weight is 371 g/mol. The van der Waals surface area contributed by atoms with Gasteiger partial charge in [0, 0.05) is 16.0 Å². The fraction of sp³-hybridized carbons (Fsp3) is 0.250. The summed E-state index contributed by atoms with van der Waals surface area (Å²) >= 11 is 6.07. The molecule has 1 N–H and O–H groups in total. The quantitative estimate of drug-likeness (QED) is 0.762. The van der Waals surface area contributed by atoms with E-state index in [0.29, 0.717) is 29.2 Å². The number of hydroxylamine groups is 2. The highest BCUT2D eigenvalue weighted by atomic mass is 35.5. The van der Waals surface area contributed by atoms with E-state index >= 15 is 0 Å². The average Bonchev–Trinajstić information content (AvgIpc) is 2.66. The number of ether oxygens (including phenoxy) is 1. The number of nitrogens with one attached hydrogen (secondary N) is 1. The first-order valence-corrected chi connectivity index (χ1v) is 8.93. The highest BCUT2D eigenvalue weighted by Gasteiger charge is 2.13. The molecule has 0 unspecified atom stereocenters. The second kappa shape index (κ2) is 7.11. The molecule has 4 rings (SSSR count). The number of halogens is 1. The Hall–Kier alpha value is -2.34. The van der Waals surface area contributed by atoms with Gasteiger partial charge in [-0.2, -0.15) is 0 Å². The zero-order chi connectivity index (χ0) is 18.1. The fourth-order valence-electron chi connectivity index (χ4n) is 3.12. The predicted octanol–water partition coefficient (Wildman–Crippen LogP) is 3.78. The minimum Gasteiger partial charge on any atom is -0.406 e. The van der Waals surface area contributed by atoms with Crippen LogP contribution >= 0.6 is 11.6 Å². The number of nitrogens with zero attached hydrogens (tertiary/aromatic N) is 1. The van der Waals surface area contributed by atoms with Crippen LogP contribution in [0.3, 0.4) is 0 Å². The van der Waals surface area contributed by atoms with Crippen LogP contribution in [0.25, 0.3) is 22.2 Å². The fourth-order valence-corrected chi connectivity index (χ4v) is 3.29. The first kappa shape index (κ1) is 17.1. The standard InChI is InChI=1S/C20H19ClN2O3/c1-13-19(22-18-12-15(21)4-7-17(18)20(13)24)14-2-5-16(6-3-14)26-23-8-10-25-11-9-23/h2-7,12H,8-11H2,1H3,(H,22,24). The first-order valence-electron chi connectivity index (χ1n) is 8.55. The largest absolute Gasteiger partial charge is 0.406 e. The van der Waals surface area contributed by atoms with Crippen LogP contribution < -0.4 is 10.3 Å². The second-order valence-electron chi connectivity index (χ2n) is 6.30. The number of hydrogen-bond acceptors (Lipinski definition) is 4. The molecule has 0 amide bonds. The van der Waals surface area contributed by atoms with Crippen LogP contribution in [0.2, 0.25) is 5.02 Å². The molecule has 1 aliphatic heterocycles. The lowest BCUT2D eigenvalue weighted by atomic mass is 10.0. The van der Waals surface area contributed by atoms with Gasteiger partial charge in [0.05, 0.1) is 37.5 Å². The van der Waals surface area contributed by atoms with Gasteiger partial charge >= 0.3 is 0 Å². The van der Waals surface area contributed by atoms with Crippen LogP contribution in [0.1, 0.15) is 5.56 Å². The van der Waals surface area contributed by atoms with Crippen molar-refractivity contribution >= 4 is 22.5 Å². The molecule has 3 aromatic rings. The molecule has 0 spiro atoms. The molecule has 0 aliphatic carbocycles. The molecule has 26 heavy (non-hydrogen) atoms. The summed E-state index contributed by atoms with van der Waals surface area (Å²) in [7, 11) is 0. The van der Waals surface area contributed by atoms with E-state index in [-0.39, 0.29) is 5.43 Å². The Labute approximate surface area is 156 Å². The van der Waals surface area contributed by atoms with Gasteiger partial charge in [-0.05, 0) is 55.0 Å². The van der Waals surface area contributed by atoms with Gasteiger partial charge in [-0.1, -0.05) is 11.6 Å². The normalized spacial score (nSPS) is 15.3. The number of hydrogen-bond donors (Lipinski definition) is 1. The maximum atomic E-state index is 12.7. The highest BCUT2D eigenvalue weighted by molar-refractivity contribution is 6.31. The lowest BCUT2D eigenvalue weighted by molar-refractivity contribution is -0.118. The Kier molecular flexibility index (Phi) is 4.68. The maximum absolute atomic E-state index is 12.7. The number of pyridine rings is 1. The van der Waals surface area contributed by atoms with E-state index in [1.54, 1.807) is 18.2 Å². The van der Waals surface area contributed by atoms with Crippen molar-refractivity contribution in [2.75, 3.05) is 26.3 Å². The summed E-state index contributed by atoms with van der Waals surface area (Å²) in [6.45, 7) is 4.69. The van der Waals surface area contributed by atoms with Crippen molar-refractivity contribution in [3.05, 3.63) is 63.3 Å². The van der Waals surface area contributed by atoms with Crippen molar-refractivity contribution in [1.29, 1.82) is 0 Å². The van der Waals surface area contributed by atoms with E-state index < -0.39 is 0 Å². The SMILES string of the molecule is Cc1c(-c2ccc(ON3CCOCC3)cc2)[nH]c2cc(Cl)ccc2c1=O. The third kappa shape index (κ3) is 3.33. The Bertz CT molecular complexity index is 992. The highest BCUT2D eigenvalue weighted by Crippen LogP contribution is 2.26. The Balaban J connectivity index is 1.66. The molecule has 2 heterocycles. The van der Waals surface area contributed by atoms with Crippen molar-refractivity contribution in [1.82, 2.24) is 10.0 Å². The maximum Gasteiger partial charge on any atom is 0.192 e. The van der Waals surface area contributed by atoms with Crippen molar-refractivity contribution in [3.8, 4) is 17.0 Å². The molecule has 0 bridgehead atoms. The minimum atomic E-state index is 0.0130. The number of aromatic nitrogens is 1. The molecule has 2 aromatic carbocycles. The minimum absolute atomic E-state index is 0.0130. The molecule has 0 atom stereocenters. The summed E-state index contributed by atoms with van der Waals surface area (Å²) in [6, 6.07) is 13.0. The molecule has 0 saturated carbocycles. The molecule has 5 nitrogen and oxygen atoms in total. The van der Waals surface area contributed by atoms with E-state index in [1.807, 2.05) is 36.3 Å². The van der Waals surface area contributed by atoms with Crippen LogP contribution in [0, 0.1) is 6.92 Å². The van der Waals surface area contributed by atoms with Gasteiger partial charge in [0.2, 0.25) is 0 Å². The van der Waals surface area contributed by atoms with Crippen molar-refractivity contribution in [2.24, 2.45) is 0 Å². The van der Waals surface area contributed by atoms with Gasteiger partial charge in [-0.3, -0.25) is 4.79 Å². The first-order chi connectivity index (χ1) is 12.6. The van der Waals surface area contributed by atoms with Gasteiger partial charge in [0.25, 0.3) is 0 Å². The van der Waals surface area contributed by atoms with E-state index in [2.05, 4.69) is 4.98 Å². The molecule has 1 saturated heterocycles. The van der Waals surface area contributed by atoms with Crippen LogP contribution in [0.15, 0.2) is 47.3 Å². The van der Waals surface area contributed by atoms with Gasteiger partial charge in [-0.15, -0.1) is 5.06 Å². The molecule has 134 valence electrons. The van der Waals surface area contributed by atoms with Gasteiger partial charge in [0.1, 0.15) is 5.75 Å². The number of rotatable bonds is 3. The summed E-state index contributed by atoms with van der Waals surface area (Å²) in [5.74, 6) is 0.763. The monoisotopic (exact) mass is 370 g/mol.